The van der Waals surface area contributed by atoms with Crippen LogP contribution in [-0.4, -0.2) is 106 Å². The van der Waals surface area contributed by atoms with Gasteiger partial charge in [-0.05, 0) is 70.1 Å². The molecule has 0 atom stereocenters. The van der Waals surface area contributed by atoms with E-state index < -0.39 is 0 Å². The molecule has 7 rings (SSSR count). The number of nitrogens with one attached hydrogen (secondary N) is 2. The highest BCUT2D eigenvalue weighted by Gasteiger charge is 2.25. The number of hydrogen-bond donors (Lipinski definition) is 2. The van der Waals surface area contributed by atoms with Crippen molar-refractivity contribution in [3.63, 3.8) is 0 Å². The summed E-state index contributed by atoms with van der Waals surface area (Å²) in [6.07, 6.45) is 4.61. The molecule has 5 aromatic rings. The minimum Gasteiger partial charge on any atom is -0.493 e. The Labute approximate surface area is 269 Å². The Kier molecular flexibility index (Phi) is 8.70. The van der Waals surface area contributed by atoms with Gasteiger partial charge in [-0.1, -0.05) is 24.3 Å². The van der Waals surface area contributed by atoms with Crippen molar-refractivity contribution < 1.29 is 9.53 Å². The van der Waals surface area contributed by atoms with E-state index >= 15 is 0 Å². The molecule has 238 valence electrons. The molecule has 0 radical (unpaired) electrons. The summed E-state index contributed by atoms with van der Waals surface area (Å²) in [5.74, 6) is 3.72. The highest BCUT2D eigenvalue weighted by molar-refractivity contribution is 5.99. The van der Waals surface area contributed by atoms with E-state index in [2.05, 4.69) is 38.8 Å². The number of imidazole rings is 2. The number of hydrogen-bond acceptors (Lipinski definition) is 8. The van der Waals surface area contributed by atoms with Gasteiger partial charge in [-0.15, -0.1) is 0 Å². The third-order valence-corrected chi connectivity index (χ3v) is 8.80. The van der Waals surface area contributed by atoms with E-state index in [1.54, 1.807) is 0 Å². The number of rotatable bonds is 12. The number of guanidine groups is 1. The Bertz CT molecular complexity index is 1860. The van der Waals surface area contributed by atoms with E-state index in [1.807, 2.05) is 60.7 Å². The number of fused-ring (bicyclic) bond motifs is 3. The van der Waals surface area contributed by atoms with Crippen LogP contribution in [0.3, 0.4) is 0 Å². The lowest BCUT2D eigenvalue weighted by molar-refractivity contribution is 0.0976. The molecule has 0 spiro atoms. The lowest BCUT2D eigenvalue weighted by Gasteiger charge is -2.41. The van der Waals surface area contributed by atoms with E-state index in [0.717, 1.165) is 127 Å². The number of aromatic nitrogens is 4. The molecule has 2 aromatic heterocycles. The van der Waals surface area contributed by atoms with Crippen molar-refractivity contribution in [1.29, 1.82) is 0 Å². The molecule has 2 aliphatic rings. The van der Waals surface area contributed by atoms with Gasteiger partial charge < -0.3 is 29.4 Å². The van der Waals surface area contributed by atoms with Crippen molar-refractivity contribution in [2.75, 3.05) is 60.0 Å². The number of aromatic amines is 2. The molecule has 0 amide bonds. The molecule has 1 fully saturated rings. The second-order valence-corrected chi connectivity index (χ2v) is 12.6. The molecule has 2 aliphatic heterocycles. The first-order valence-corrected chi connectivity index (χ1v) is 16.5. The molecule has 0 unspecified atom stereocenters. The van der Waals surface area contributed by atoms with Crippen molar-refractivity contribution in [3.05, 3.63) is 66.2 Å². The zero-order chi connectivity index (χ0) is 31.5. The fourth-order valence-corrected chi connectivity index (χ4v) is 6.38. The van der Waals surface area contributed by atoms with Crippen LogP contribution in [0.4, 0.5) is 0 Å². The van der Waals surface area contributed by atoms with Gasteiger partial charge in [0.2, 0.25) is 0 Å². The van der Waals surface area contributed by atoms with Crippen molar-refractivity contribution in [2.24, 2.45) is 4.99 Å². The number of carbonyl (C=O) groups excluding carboxylic acids is 1. The summed E-state index contributed by atoms with van der Waals surface area (Å²) in [7, 11) is 4.14. The van der Waals surface area contributed by atoms with Gasteiger partial charge in [0, 0.05) is 68.4 Å². The van der Waals surface area contributed by atoms with Gasteiger partial charge in [0.15, 0.2) is 11.7 Å². The van der Waals surface area contributed by atoms with Gasteiger partial charge >= 0.3 is 0 Å². The average Bonchev–Trinajstić information content (AvgIpc) is 3.71. The van der Waals surface area contributed by atoms with Crippen molar-refractivity contribution in [1.82, 2.24) is 34.6 Å². The van der Waals surface area contributed by atoms with E-state index in [1.165, 1.54) is 0 Å². The number of ketones is 1. The van der Waals surface area contributed by atoms with Gasteiger partial charge in [-0.2, -0.15) is 0 Å². The fraction of sp³-hybridized carbons (Fsp3) is 0.389. The zero-order valence-electron chi connectivity index (χ0n) is 26.8. The highest BCUT2D eigenvalue weighted by atomic mass is 16.5. The summed E-state index contributed by atoms with van der Waals surface area (Å²) in [6, 6.07) is 19.9. The largest absolute Gasteiger partial charge is 0.493 e. The van der Waals surface area contributed by atoms with Gasteiger partial charge in [0.05, 0.1) is 28.7 Å². The number of H-pyrrole nitrogens is 2. The smallest absolute Gasteiger partial charge is 0.196 e. The van der Waals surface area contributed by atoms with Crippen LogP contribution in [0, 0.1) is 0 Å². The normalized spacial score (nSPS) is 15.1. The number of ether oxygens (including phenoxy) is 1. The Balaban J connectivity index is 0.980. The summed E-state index contributed by atoms with van der Waals surface area (Å²) >= 11 is 0. The SMILES string of the molecule is CN(C)CCCOc1ccc2nc(-c3ccc(-c4nc5ccc(C(=O)CCCN6CCCN7CCCN=C76)cc5[nH]4)cc3)[nH]c2c1. The molecule has 2 N–H and O–H groups in total. The highest BCUT2D eigenvalue weighted by Crippen LogP contribution is 2.27. The van der Waals surface area contributed by atoms with Crippen LogP contribution in [0.15, 0.2) is 65.7 Å². The third kappa shape index (κ3) is 6.62. The van der Waals surface area contributed by atoms with Crippen LogP contribution < -0.4 is 4.74 Å². The van der Waals surface area contributed by atoms with Crippen molar-refractivity contribution in [3.8, 4) is 28.5 Å². The summed E-state index contributed by atoms with van der Waals surface area (Å²) < 4.78 is 5.93. The first-order chi connectivity index (χ1) is 22.5. The quantitative estimate of drug-likeness (QED) is 0.134. The first kappa shape index (κ1) is 30.0. The van der Waals surface area contributed by atoms with Gasteiger partial charge in [-0.25, -0.2) is 9.97 Å². The second kappa shape index (κ2) is 13.3. The van der Waals surface area contributed by atoms with Gasteiger partial charge in [0.25, 0.3) is 0 Å². The maximum atomic E-state index is 13.1. The van der Waals surface area contributed by atoms with Crippen LogP contribution in [0.25, 0.3) is 44.8 Å². The van der Waals surface area contributed by atoms with E-state index in [4.69, 9.17) is 19.7 Å². The van der Waals surface area contributed by atoms with Crippen LogP contribution >= 0.6 is 0 Å². The molecule has 0 bridgehead atoms. The zero-order valence-corrected chi connectivity index (χ0v) is 26.8. The van der Waals surface area contributed by atoms with E-state index in [0.29, 0.717) is 13.0 Å². The number of nitrogens with zero attached hydrogens (tertiary/aromatic N) is 6. The number of carbonyl (C=O) groups is 1. The second-order valence-electron chi connectivity index (χ2n) is 12.6. The fourth-order valence-electron chi connectivity index (χ4n) is 6.38. The predicted octanol–water partition coefficient (Wildman–Crippen LogP) is 5.83. The van der Waals surface area contributed by atoms with Crippen LogP contribution in [0.5, 0.6) is 5.75 Å². The predicted molar refractivity (Wildman–Crippen MR) is 184 cm³/mol. The van der Waals surface area contributed by atoms with E-state index in [-0.39, 0.29) is 5.78 Å². The topological polar surface area (TPSA) is 106 Å². The first-order valence-electron chi connectivity index (χ1n) is 16.5. The summed E-state index contributed by atoms with van der Waals surface area (Å²) in [5.41, 5.74) is 6.24. The molecule has 3 aromatic carbocycles. The standard InChI is InChI=1S/C36H42N8O2/c1-42(2)17-6-22-46-28-13-15-30-32(24-28)41-35(39-30)26-10-8-25(9-11-26)34-38-29-14-12-27(23-31(29)40-34)33(45)7-3-18-43-20-5-21-44-19-4-16-37-36(43)44/h8-15,23-24H,3-7,16-22H2,1-2H3,(H,38,40)(H,39,41). The summed E-state index contributed by atoms with van der Waals surface area (Å²) in [6.45, 7) is 6.68. The Morgan fingerprint density at radius 1 is 0.848 bits per heavy atom. The Morgan fingerprint density at radius 3 is 2.28 bits per heavy atom. The molecule has 10 heteroatoms. The Morgan fingerprint density at radius 2 is 1.54 bits per heavy atom. The molecule has 1 saturated heterocycles. The van der Waals surface area contributed by atoms with Crippen LogP contribution in [-0.2, 0) is 0 Å². The van der Waals surface area contributed by atoms with Crippen LogP contribution in [0.2, 0.25) is 0 Å². The molecule has 0 aliphatic carbocycles. The lowest BCUT2D eigenvalue weighted by atomic mass is 10.1. The minimum atomic E-state index is 0.163. The molecule has 46 heavy (non-hydrogen) atoms. The summed E-state index contributed by atoms with van der Waals surface area (Å²) in [4.78, 5) is 41.2. The van der Waals surface area contributed by atoms with Gasteiger partial charge in [-0.3, -0.25) is 9.79 Å². The maximum Gasteiger partial charge on any atom is 0.196 e. The monoisotopic (exact) mass is 618 g/mol. The average molecular weight is 619 g/mol. The third-order valence-electron chi connectivity index (χ3n) is 8.80. The van der Waals surface area contributed by atoms with Crippen molar-refractivity contribution in [2.45, 2.75) is 32.1 Å². The molecule has 0 saturated carbocycles. The molecular formula is C36H42N8O2. The van der Waals surface area contributed by atoms with Crippen LogP contribution in [0.1, 0.15) is 42.5 Å². The maximum absolute atomic E-state index is 13.1. The van der Waals surface area contributed by atoms with Crippen molar-refractivity contribution >= 4 is 33.8 Å². The van der Waals surface area contributed by atoms with E-state index in [9.17, 15) is 4.79 Å². The number of aliphatic imine (C=N–C) groups is 1. The molecular weight excluding hydrogens is 576 g/mol. The number of Topliss-reactive ketones (excluding diaryl/α,β-unsaturated/α-hetero) is 1. The molecule has 10 nitrogen and oxygen atoms in total. The minimum absolute atomic E-state index is 0.163. The van der Waals surface area contributed by atoms with Gasteiger partial charge in [0.1, 0.15) is 17.4 Å². The Hall–Kier alpha value is -4.70. The number of benzene rings is 3. The summed E-state index contributed by atoms with van der Waals surface area (Å²) in [5, 5.41) is 0. The lowest BCUT2D eigenvalue weighted by Crippen LogP contribution is -2.52. The molecule has 4 heterocycles.